The van der Waals surface area contributed by atoms with Gasteiger partial charge < -0.3 is 4.98 Å². The first kappa shape index (κ1) is 12.8. The van der Waals surface area contributed by atoms with Crippen molar-refractivity contribution >= 4 is 0 Å². The number of rotatable bonds is 1. The molecule has 0 aliphatic heterocycles. The summed E-state index contributed by atoms with van der Waals surface area (Å²) < 4.78 is 0. The predicted molar refractivity (Wildman–Crippen MR) is 82.7 cm³/mol. The molecular formula is C18H20N2O. The molecule has 108 valence electrons. The second-order valence-electron chi connectivity index (χ2n) is 6.31. The molecule has 2 aliphatic rings. The lowest BCUT2D eigenvalue weighted by atomic mass is 10.0. The van der Waals surface area contributed by atoms with Gasteiger partial charge in [-0.25, -0.2) is 4.98 Å². The van der Waals surface area contributed by atoms with Crippen LogP contribution in [0.1, 0.15) is 53.4 Å². The molecule has 4 rings (SSSR count). The molecule has 0 radical (unpaired) electrons. The van der Waals surface area contributed by atoms with Gasteiger partial charge in [0.2, 0.25) is 0 Å². The van der Waals surface area contributed by atoms with Crippen LogP contribution < -0.4 is 5.56 Å². The van der Waals surface area contributed by atoms with Gasteiger partial charge in [0.05, 0.1) is 5.69 Å². The Labute approximate surface area is 124 Å². The predicted octanol–water partition coefficient (Wildman–Crippen LogP) is 2.92. The van der Waals surface area contributed by atoms with E-state index in [2.05, 4.69) is 29.2 Å². The number of fused-ring (bicyclic) bond motifs is 2. The Morgan fingerprint density at radius 2 is 1.71 bits per heavy atom. The van der Waals surface area contributed by atoms with E-state index in [4.69, 9.17) is 4.98 Å². The van der Waals surface area contributed by atoms with E-state index in [0.29, 0.717) is 5.92 Å². The van der Waals surface area contributed by atoms with Gasteiger partial charge in [-0.3, -0.25) is 4.79 Å². The highest BCUT2D eigenvalue weighted by Crippen LogP contribution is 2.32. The molecule has 3 nitrogen and oxygen atoms in total. The fraction of sp³-hybridized carbons (Fsp3) is 0.444. The van der Waals surface area contributed by atoms with Crippen molar-refractivity contribution in [2.75, 3.05) is 0 Å². The van der Waals surface area contributed by atoms with Crippen LogP contribution in [-0.2, 0) is 25.7 Å². The van der Waals surface area contributed by atoms with E-state index in [1.54, 1.807) is 0 Å². The highest BCUT2D eigenvalue weighted by Gasteiger charge is 2.25. The Kier molecular flexibility index (Phi) is 3.13. The summed E-state index contributed by atoms with van der Waals surface area (Å²) in [5.41, 5.74) is 4.90. The number of benzene rings is 1. The Hall–Kier alpha value is -1.90. The lowest BCUT2D eigenvalue weighted by molar-refractivity contribution is 0.662. The lowest BCUT2D eigenvalue weighted by Gasteiger charge is -2.12. The standard InChI is InChI=1S/C18H20N2O/c21-18-15-8-2-1-3-9-16(15)19-17(20-18)14-10-12-6-4-5-7-13(12)11-14/h4-7,14H,1-3,8-11H2,(H,19,20,21). The summed E-state index contributed by atoms with van der Waals surface area (Å²) >= 11 is 0. The van der Waals surface area contributed by atoms with Crippen molar-refractivity contribution < 1.29 is 0 Å². The molecule has 0 saturated heterocycles. The number of aryl methyl sites for hydroxylation is 1. The van der Waals surface area contributed by atoms with Crippen molar-refractivity contribution in [1.82, 2.24) is 9.97 Å². The second kappa shape index (κ2) is 5.14. The summed E-state index contributed by atoms with van der Waals surface area (Å²) in [4.78, 5) is 20.3. The average Bonchev–Trinajstić information content (AvgIpc) is 2.78. The van der Waals surface area contributed by atoms with Gasteiger partial charge >= 0.3 is 0 Å². The van der Waals surface area contributed by atoms with E-state index in [1.807, 2.05) is 0 Å². The topological polar surface area (TPSA) is 45.8 Å². The monoisotopic (exact) mass is 280 g/mol. The van der Waals surface area contributed by atoms with Crippen LogP contribution in [0.5, 0.6) is 0 Å². The van der Waals surface area contributed by atoms with Gasteiger partial charge in [-0.15, -0.1) is 0 Å². The largest absolute Gasteiger partial charge is 0.310 e. The van der Waals surface area contributed by atoms with Gasteiger partial charge in [-0.05, 0) is 49.7 Å². The van der Waals surface area contributed by atoms with Gasteiger partial charge in [-0.2, -0.15) is 0 Å². The average molecular weight is 280 g/mol. The van der Waals surface area contributed by atoms with Gasteiger partial charge in [-0.1, -0.05) is 30.7 Å². The zero-order valence-electron chi connectivity index (χ0n) is 12.2. The number of hydrogen-bond donors (Lipinski definition) is 1. The third kappa shape index (κ3) is 2.31. The number of H-pyrrole nitrogens is 1. The Balaban J connectivity index is 1.70. The van der Waals surface area contributed by atoms with E-state index in [9.17, 15) is 4.79 Å². The first-order valence-corrected chi connectivity index (χ1v) is 8.00. The Bertz CT molecular complexity index is 707. The Morgan fingerprint density at radius 3 is 2.48 bits per heavy atom. The number of hydrogen-bond acceptors (Lipinski definition) is 2. The Morgan fingerprint density at radius 1 is 1.00 bits per heavy atom. The molecule has 2 aliphatic carbocycles. The number of nitrogens with one attached hydrogen (secondary N) is 1. The molecule has 0 amide bonds. The molecule has 2 aromatic rings. The first-order chi connectivity index (χ1) is 10.3. The van der Waals surface area contributed by atoms with Crippen molar-refractivity contribution in [2.24, 2.45) is 0 Å². The van der Waals surface area contributed by atoms with E-state index in [0.717, 1.165) is 55.6 Å². The fourth-order valence-corrected chi connectivity index (χ4v) is 3.74. The van der Waals surface area contributed by atoms with E-state index in [1.165, 1.54) is 17.5 Å². The van der Waals surface area contributed by atoms with Crippen molar-refractivity contribution in [3.8, 4) is 0 Å². The fourth-order valence-electron chi connectivity index (χ4n) is 3.74. The smallest absolute Gasteiger partial charge is 0.254 e. The van der Waals surface area contributed by atoms with Crippen LogP contribution in [0, 0.1) is 0 Å². The minimum atomic E-state index is 0.104. The van der Waals surface area contributed by atoms with Gasteiger partial charge in [0, 0.05) is 11.5 Å². The molecule has 0 unspecified atom stereocenters. The minimum Gasteiger partial charge on any atom is -0.310 e. The maximum Gasteiger partial charge on any atom is 0.254 e. The quantitative estimate of drug-likeness (QED) is 0.816. The minimum absolute atomic E-state index is 0.104. The summed E-state index contributed by atoms with van der Waals surface area (Å²) in [6.07, 6.45) is 7.34. The summed E-state index contributed by atoms with van der Waals surface area (Å²) in [7, 11) is 0. The first-order valence-electron chi connectivity index (χ1n) is 8.00. The van der Waals surface area contributed by atoms with Crippen LogP contribution in [0.4, 0.5) is 0 Å². The van der Waals surface area contributed by atoms with Crippen LogP contribution in [0.2, 0.25) is 0 Å². The summed E-state index contributed by atoms with van der Waals surface area (Å²) in [6.45, 7) is 0. The van der Waals surface area contributed by atoms with E-state index in [-0.39, 0.29) is 5.56 Å². The highest BCUT2D eigenvalue weighted by molar-refractivity contribution is 5.35. The molecule has 0 bridgehead atoms. The van der Waals surface area contributed by atoms with Gasteiger partial charge in [0.25, 0.3) is 5.56 Å². The summed E-state index contributed by atoms with van der Waals surface area (Å²) in [6, 6.07) is 8.57. The lowest BCUT2D eigenvalue weighted by Crippen LogP contribution is -2.21. The molecule has 3 heteroatoms. The molecule has 21 heavy (non-hydrogen) atoms. The van der Waals surface area contributed by atoms with Crippen LogP contribution >= 0.6 is 0 Å². The van der Waals surface area contributed by atoms with Crippen molar-refractivity contribution in [3.05, 3.63) is 62.8 Å². The molecule has 0 fully saturated rings. The van der Waals surface area contributed by atoms with Crippen molar-refractivity contribution in [2.45, 2.75) is 50.9 Å². The SMILES string of the molecule is O=c1[nH]c(C2Cc3ccccc3C2)nc2c1CCCCC2. The van der Waals surface area contributed by atoms with Crippen LogP contribution in [0.3, 0.4) is 0 Å². The molecule has 1 heterocycles. The van der Waals surface area contributed by atoms with Gasteiger partial charge in [0.15, 0.2) is 0 Å². The van der Waals surface area contributed by atoms with Crippen LogP contribution in [-0.4, -0.2) is 9.97 Å². The molecule has 0 atom stereocenters. The van der Waals surface area contributed by atoms with Crippen LogP contribution in [0.15, 0.2) is 29.1 Å². The molecule has 0 saturated carbocycles. The molecular weight excluding hydrogens is 260 g/mol. The molecule has 1 aromatic carbocycles. The van der Waals surface area contributed by atoms with Crippen LogP contribution in [0.25, 0.3) is 0 Å². The summed E-state index contributed by atoms with van der Waals surface area (Å²) in [5.74, 6) is 1.24. The normalized spacial score (nSPS) is 18.1. The summed E-state index contributed by atoms with van der Waals surface area (Å²) in [5, 5.41) is 0. The zero-order valence-corrected chi connectivity index (χ0v) is 12.2. The second-order valence-corrected chi connectivity index (χ2v) is 6.31. The number of aromatic amines is 1. The van der Waals surface area contributed by atoms with E-state index < -0.39 is 0 Å². The molecule has 1 N–H and O–H groups in total. The maximum atomic E-state index is 12.4. The third-order valence-electron chi connectivity index (χ3n) is 4.90. The van der Waals surface area contributed by atoms with Crippen molar-refractivity contribution in [3.63, 3.8) is 0 Å². The van der Waals surface area contributed by atoms with E-state index >= 15 is 0 Å². The number of nitrogens with zero attached hydrogens (tertiary/aromatic N) is 1. The molecule has 1 aromatic heterocycles. The highest BCUT2D eigenvalue weighted by atomic mass is 16.1. The van der Waals surface area contributed by atoms with Crippen molar-refractivity contribution in [1.29, 1.82) is 0 Å². The number of aromatic nitrogens is 2. The van der Waals surface area contributed by atoms with Gasteiger partial charge in [0.1, 0.15) is 5.82 Å². The maximum absolute atomic E-state index is 12.4. The zero-order chi connectivity index (χ0) is 14.2. The molecule has 0 spiro atoms. The third-order valence-corrected chi connectivity index (χ3v) is 4.90.